The SMILES string of the molecule is C=C(C)C(=O)OC(C1CC(C(C)(C)OC(C)C(C)(C)O)CC(C(C)(C)OC(C)C(C)(O)C(F)(F)F)C1)C1CC(C(C)(C)OC(C)C(C)(O)C(F)(F)F)CC(C(C)(C)OC(C)C(O)(C(F)(F)F)C(F)(F)F)C1.C=C(C)C(=O)OC(C1CCC(C(C)(C)OC(C)C(O)(C(F)(F)F)C(F)(F)F)C(C(C)(C)OC(C)C(C)(O)C(F)(F)F)C1)C1CCC(C(C)(C)OC(C)C(O)(C(F)(F)F)C(F)(F)F)C(C(C)(C)OC(C)C(C)(O)C(F)(F)F)C1. The molecule has 148 heavy (non-hydrogen) atoms. The molecule has 4 aliphatic carbocycles. The number of aliphatic hydroxyl groups is 8. The zero-order valence-electron chi connectivity index (χ0n) is 89.4. The molecule has 25 unspecified atom stereocenters. The number of esters is 2. The highest BCUT2D eigenvalue weighted by Gasteiger charge is 2.78. The molecule has 4 fully saturated rings. The molecule has 0 aliphatic heterocycles. The van der Waals surface area contributed by atoms with Gasteiger partial charge in [0.05, 0.1) is 80.9 Å². The zero-order valence-corrected chi connectivity index (χ0v) is 89.4. The first-order valence-electron chi connectivity index (χ1n) is 48.4. The van der Waals surface area contributed by atoms with Gasteiger partial charge in [-0.25, -0.2) is 9.59 Å². The minimum Gasteiger partial charge on any atom is -0.458 e. The monoisotopic (exact) mass is 2220 g/mol. The summed E-state index contributed by atoms with van der Waals surface area (Å²) in [5.41, 5.74) is -46.7. The van der Waals surface area contributed by atoms with Crippen molar-refractivity contribution in [1.29, 1.82) is 0 Å². The van der Waals surface area contributed by atoms with Crippen LogP contribution in [0.25, 0.3) is 0 Å². The maximum Gasteiger partial charge on any atom is 0.428 e. The summed E-state index contributed by atoms with van der Waals surface area (Å²) < 4.78 is 484. The minimum absolute atomic E-state index is 0.0357. The summed E-state index contributed by atoms with van der Waals surface area (Å²) in [4.78, 5) is 27.4. The summed E-state index contributed by atoms with van der Waals surface area (Å²) >= 11 is 0. The topological polar surface area (TPSA) is 288 Å². The van der Waals surface area contributed by atoms with Gasteiger partial charge in [-0.3, -0.25) is 0 Å². The van der Waals surface area contributed by atoms with Crippen LogP contribution in [0.15, 0.2) is 24.3 Å². The van der Waals surface area contributed by atoms with Gasteiger partial charge >= 0.3 is 73.7 Å². The molecule has 0 spiro atoms. The quantitative estimate of drug-likeness (QED) is 0.0161. The number of hydrogen-bond acceptors (Lipinski definition) is 20. The Morgan fingerprint density at radius 1 is 0.230 bits per heavy atom. The predicted octanol–water partition coefficient (Wildman–Crippen LogP) is 24.1. The molecule has 0 aromatic carbocycles. The number of rotatable bonds is 40. The highest BCUT2D eigenvalue weighted by Crippen LogP contribution is 2.61. The Balaban J connectivity index is 0.000000763. The van der Waals surface area contributed by atoms with Crippen molar-refractivity contribution in [2.24, 2.45) is 71.0 Å². The highest BCUT2D eigenvalue weighted by molar-refractivity contribution is 5.87. The Bertz CT molecular complexity index is 4170. The van der Waals surface area contributed by atoms with Gasteiger partial charge in [0.1, 0.15) is 30.5 Å². The predicted molar refractivity (Wildman–Crippen MR) is 478 cm³/mol. The normalized spacial score (nSPS) is 26.8. The number of hydrogen-bond donors (Lipinski definition) is 8. The molecule has 20 nitrogen and oxygen atoms in total. The van der Waals surface area contributed by atoms with Crippen molar-refractivity contribution < 1.29 is 230 Å². The summed E-state index contributed by atoms with van der Waals surface area (Å²) in [7, 11) is 0. The molecule has 0 saturated heterocycles. The van der Waals surface area contributed by atoms with E-state index in [1.165, 1.54) is 96.9 Å². The van der Waals surface area contributed by atoms with Gasteiger partial charge in [-0.1, -0.05) is 13.2 Å². The maximum atomic E-state index is 14.2. The van der Waals surface area contributed by atoms with E-state index < -0.39 is 308 Å². The van der Waals surface area contributed by atoms with Crippen molar-refractivity contribution in [3.63, 3.8) is 0 Å². The van der Waals surface area contributed by atoms with Crippen LogP contribution in [0.2, 0.25) is 0 Å². The van der Waals surface area contributed by atoms with Crippen LogP contribution in [0, 0.1) is 71.0 Å². The lowest BCUT2D eigenvalue weighted by molar-refractivity contribution is -0.401. The third-order valence-corrected chi connectivity index (χ3v) is 32.5. The molecule has 0 heterocycles. The van der Waals surface area contributed by atoms with Gasteiger partial charge in [0, 0.05) is 11.1 Å². The van der Waals surface area contributed by atoms with Crippen LogP contribution in [-0.4, -0.2) is 265 Å². The average molecular weight is 2220 g/mol. The van der Waals surface area contributed by atoms with Crippen LogP contribution in [0.5, 0.6) is 0 Å². The average Bonchev–Trinajstić information content (AvgIpc) is 0.738. The molecule has 4 rings (SSSR count). The molecular formula is C98H154F30O20. The molecule has 0 aromatic heterocycles. The van der Waals surface area contributed by atoms with Crippen molar-refractivity contribution in [3.8, 4) is 0 Å². The van der Waals surface area contributed by atoms with Gasteiger partial charge in [-0.15, -0.1) is 0 Å². The van der Waals surface area contributed by atoms with E-state index in [1.807, 2.05) is 0 Å². The highest BCUT2D eigenvalue weighted by atomic mass is 19.5. The summed E-state index contributed by atoms with van der Waals surface area (Å²) in [5.74, 6) is -14.7. The second-order valence-electron chi connectivity index (χ2n) is 47.0. The van der Waals surface area contributed by atoms with Crippen molar-refractivity contribution >= 4 is 11.9 Å². The van der Waals surface area contributed by atoms with E-state index in [1.54, 1.807) is 20.8 Å². The lowest BCUT2D eigenvalue weighted by Gasteiger charge is -2.55. The first-order valence-corrected chi connectivity index (χ1v) is 48.4. The van der Waals surface area contributed by atoms with E-state index in [9.17, 15) is 182 Å². The summed E-state index contributed by atoms with van der Waals surface area (Å²) in [6.45, 7) is 41.6. The van der Waals surface area contributed by atoms with Gasteiger partial charge in [0.15, 0.2) is 22.4 Å². The lowest BCUT2D eigenvalue weighted by Crippen LogP contribution is -2.66. The largest absolute Gasteiger partial charge is 0.458 e. The van der Waals surface area contributed by atoms with E-state index in [4.69, 9.17) is 47.4 Å². The smallest absolute Gasteiger partial charge is 0.428 e. The Labute approximate surface area is 845 Å². The second-order valence-corrected chi connectivity index (χ2v) is 47.0. The van der Waals surface area contributed by atoms with E-state index in [-0.39, 0.29) is 75.4 Å². The van der Waals surface area contributed by atoms with Gasteiger partial charge in [-0.2, -0.15) is 132 Å². The summed E-state index contributed by atoms with van der Waals surface area (Å²) in [5, 5.41) is 84.2. The van der Waals surface area contributed by atoms with Crippen LogP contribution in [0.3, 0.4) is 0 Å². The zero-order chi connectivity index (χ0) is 118. The van der Waals surface area contributed by atoms with Crippen LogP contribution < -0.4 is 0 Å². The molecule has 50 heteroatoms. The van der Waals surface area contributed by atoms with Crippen LogP contribution in [0.1, 0.15) is 299 Å². The number of carbonyl (C=O) groups is 2. The minimum atomic E-state index is -6.38. The number of carbonyl (C=O) groups excluding carboxylic acids is 2. The fourth-order valence-electron chi connectivity index (χ4n) is 21.4. The third-order valence-electron chi connectivity index (χ3n) is 32.5. The van der Waals surface area contributed by atoms with Crippen molar-refractivity contribution in [2.45, 2.75) is 511 Å². The molecule has 8 N–H and O–H groups in total. The lowest BCUT2D eigenvalue weighted by atomic mass is 9.58. The fraction of sp³-hybridized carbons (Fsp3) is 0.939. The van der Waals surface area contributed by atoms with Gasteiger partial charge in [0.2, 0.25) is 0 Å². The van der Waals surface area contributed by atoms with Crippen LogP contribution in [-0.2, 0) is 57.0 Å². The van der Waals surface area contributed by atoms with Crippen molar-refractivity contribution in [1.82, 2.24) is 0 Å². The van der Waals surface area contributed by atoms with E-state index in [2.05, 4.69) is 13.2 Å². The van der Waals surface area contributed by atoms with Gasteiger partial charge < -0.3 is 88.2 Å². The fourth-order valence-corrected chi connectivity index (χ4v) is 21.4. The van der Waals surface area contributed by atoms with E-state index >= 15 is 0 Å². The molecule has 0 radical (unpaired) electrons. The molecule has 0 amide bonds. The van der Waals surface area contributed by atoms with Crippen molar-refractivity contribution in [2.75, 3.05) is 0 Å². The third kappa shape index (κ3) is 30.4. The number of alkyl halides is 30. The Hall–Kier alpha value is -4.32. The summed E-state index contributed by atoms with van der Waals surface area (Å²) in [6.07, 6.45) is -81.9. The van der Waals surface area contributed by atoms with Crippen LogP contribution >= 0.6 is 0 Å². The molecule has 0 aromatic rings. The summed E-state index contributed by atoms with van der Waals surface area (Å²) in [6, 6.07) is 0. The van der Waals surface area contributed by atoms with Gasteiger partial charge in [-0.05, 0) is 370 Å². The second kappa shape index (κ2) is 45.2. The van der Waals surface area contributed by atoms with E-state index in [0.717, 1.165) is 55.4 Å². The Morgan fingerprint density at radius 3 is 0.581 bits per heavy atom. The van der Waals surface area contributed by atoms with Crippen molar-refractivity contribution in [3.05, 3.63) is 24.3 Å². The Kier molecular flexibility index (Phi) is 42.1. The standard InChI is InChI=1S/C49H74F18O10.C49H80F12O10/c1-23(2)35(68)73-34(28-17-19-30(32(21-28)38(11,12)74-24(3)40(15,69)44(50,51)52)36(7,8)76-26(5)42(71,46(56,57)58)47(59,60)61)29-18-20-31(33(22-29)39(13,14)75-25(4)41(16,70)45(53,54)55)37(9,10)77-27(6)43(72,48(62,63)64)49(65,66)67;1-25(2)37(62)67-36(30-19-32(39(9,10)68-26(3)38(7,8)63)23-33(20-30)40(11,12)69-27(4)43(17,64)46(50,51)52)31-21-34(41(13,14)70-28(5)44(18,65)47(53,54)55)24-35(22-31)42(15,16)71-29(6)45(66,48(56,57)58)49(59,60)61/h24-34,69-72H,1,17-22H2,2-16H3;26-36,63-66H,1,19-24H2,2-18H3. The molecule has 0 bridgehead atoms. The molecular weight excluding hydrogens is 2070 g/mol. The number of ether oxygens (including phenoxy) is 10. The molecule has 4 saturated carbocycles. The first-order chi connectivity index (χ1) is 64.8. The molecule has 4 aliphatic rings. The molecule has 876 valence electrons. The Morgan fingerprint density at radius 2 is 0.399 bits per heavy atom. The van der Waals surface area contributed by atoms with Gasteiger partial charge in [0.25, 0.3) is 16.8 Å². The first kappa shape index (κ1) is 138. The molecule has 25 atom stereocenters. The number of halogens is 30. The maximum absolute atomic E-state index is 14.2. The van der Waals surface area contributed by atoms with Crippen LogP contribution in [0.4, 0.5) is 132 Å². The van der Waals surface area contributed by atoms with E-state index in [0.29, 0.717) is 48.5 Å².